The second-order valence-corrected chi connectivity index (χ2v) is 10.7. The van der Waals surface area contributed by atoms with Crippen molar-refractivity contribution in [2.24, 2.45) is 0 Å². The van der Waals surface area contributed by atoms with E-state index in [1.54, 1.807) is 12.3 Å². The molecule has 16 heteroatoms. The molecule has 0 bridgehead atoms. The zero-order valence-corrected chi connectivity index (χ0v) is 25.2. The minimum absolute atomic E-state index is 0.217. The Morgan fingerprint density at radius 1 is 0.891 bits per heavy atom. The first-order valence-corrected chi connectivity index (χ1v) is 14.6. The van der Waals surface area contributed by atoms with Gasteiger partial charge in [-0.15, -0.1) is 0 Å². The van der Waals surface area contributed by atoms with Crippen LogP contribution in [-0.2, 0) is 31.8 Å². The molecule has 1 heterocycles. The van der Waals surface area contributed by atoms with E-state index in [1.165, 1.54) is 17.0 Å². The Bertz CT molecular complexity index is 1500. The molecule has 248 valence electrons. The molecular weight excluding hydrogens is 609 g/mol. The number of aliphatic hydroxyl groups is 1. The van der Waals surface area contributed by atoms with Crippen LogP contribution >= 0.6 is 0 Å². The standard InChI is InChI=1S/C30H37F3N8O5/c31-30(32,33)20-7-5-18(6-8-20)13-24(28(45)38-21-14-19-3-1-2-4-23(19)37-16-21)40-29(46)25(39-27(44)22(36)17-42)15-26(43)41(11-9-34)12-10-35/h1-8,14,16,22,24-25,42H,9-13,15,17,34-36H2,(H,38,45)(H,39,44)(H,40,46)/p+4/t22-,24+,25+/m1/s1. The number of aliphatic hydroxyl groups excluding tert-OH is 1. The van der Waals surface area contributed by atoms with Crippen LogP contribution in [0.4, 0.5) is 18.9 Å². The van der Waals surface area contributed by atoms with Gasteiger partial charge in [-0.2, -0.15) is 13.2 Å². The molecule has 4 amide bonds. The van der Waals surface area contributed by atoms with E-state index in [4.69, 9.17) is 0 Å². The Morgan fingerprint density at radius 2 is 1.52 bits per heavy atom. The van der Waals surface area contributed by atoms with E-state index in [2.05, 4.69) is 38.1 Å². The molecule has 0 saturated heterocycles. The fraction of sp³-hybridized carbons (Fsp3) is 0.367. The van der Waals surface area contributed by atoms with E-state index < -0.39 is 66.5 Å². The van der Waals surface area contributed by atoms with Gasteiger partial charge in [0, 0.05) is 17.9 Å². The van der Waals surface area contributed by atoms with E-state index in [0.717, 1.165) is 23.0 Å². The van der Waals surface area contributed by atoms with Gasteiger partial charge in [-0.25, -0.2) is 4.98 Å². The number of H-pyrrole nitrogens is 1. The Hall–Kier alpha value is -4.64. The minimum Gasteiger partial charge on any atom is -0.390 e. The van der Waals surface area contributed by atoms with Crippen molar-refractivity contribution in [3.8, 4) is 0 Å². The largest absolute Gasteiger partial charge is 0.416 e. The lowest BCUT2D eigenvalue weighted by molar-refractivity contribution is -0.409. The number of anilines is 1. The molecule has 13 nitrogen and oxygen atoms in total. The number of amides is 4. The zero-order chi connectivity index (χ0) is 33.9. The first kappa shape index (κ1) is 35.8. The SMILES string of the molecule is [NH3+]CCN(CC[NH3+])C(=O)C[C@H](NC(=O)[C@H]([NH3+])CO)C(=O)N[C@@H](Cc1ccc(C(F)(F)F)cc1)C(=O)Nc1c[nH+]c2ccccc2c1. The molecule has 3 aromatic rings. The number of hydrogen-bond donors (Lipinski definition) is 7. The van der Waals surface area contributed by atoms with E-state index >= 15 is 0 Å². The van der Waals surface area contributed by atoms with Crippen LogP contribution < -0.4 is 38.1 Å². The summed E-state index contributed by atoms with van der Waals surface area (Å²) >= 11 is 0. The topological polar surface area (TPSA) is 225 Å². The summed E-state index contributed by atoms with van der Waals surface area (Å²) in [6.07, 6.45) is -3.72. The van der Waals surface area contributed by atoms with Gasteiger partial charge in [-0.1, -0.05) is 24.3 Å². The number of quaternary nitrogens is 3. The average molecular weight is 651 g/mol. The van der Waals surface area contributed by atoms with Crippen molar-refractivity contribution in [1.82, 2.24) is 15.5 Å². The molecule has 46 heavy (non-hydrogen) atoms. The highest BCUT2D eigenvalue weighted by Gasteiger charge is 2.33. The number of carbonyl (C=O) groups excluding carboxylic acids is 4. The molecule has 14 N–H and O–H groups in total. The highest BCUT2D eigenvalue weighted by molar-refractivity contribution is 6.00. The number of fused-ring (bicyclic) bond motifs is 1. The summed E-state index contributed by atoms with van der Waals surface area (Å²) < 4.78 is 39.5. The number of nitrogens with one attached hydrogen (secondary N) is 4. The van der Waals surface area contributed by atoms with Crippen LogP contribution in [0.2, 0.25) is 0 Å². The van der Waals surface area contributed by atoms with Gasteiger partial charge in [0.15, 0.2) is 12.2 Å². The molecule has 0 fully saturated rings. The summed E-state index contributed by atoms with van der Waals surface area (Å²) in [6.45, 7) is 0.731. The highest BCUT2D eigenvalue weighted by Crippen LogP contribution is 2.29. The van der Waals surface area contributed by atoms with Gasteiger partial charge in [-0.05, 0) is 29.8 Å². The maximum absolute atomic E-state index is 13.6. The number of halogens is 3. The first-order chi connectivity index (χ1) is 21.9. The van der Waals surface area contributed by atoms with Crippen molar-refractivity contribution in [3.05, 3.63) is 71.9 Å². The van der Waals surface area contributed by atoms with Crippen molar-refractivity contribution < 1.29 is 59.6 Å². The number of alkyl halides is 3. The second kappa shape index (κ2) is 16.6. The second-order valence-electron chi connectivity index (χ2n) is 10.7. The van der Waals surface area contributed by atoms with E-state index in [0.29, 0.717) is 24.3 Å². The number of rotatable bonds is 15. The molecule has 0 aliphatic carbocycles. The molecule has 0 radical (unpaired) electrons. The lowest BCUT2D eigenvalue weighted by Crippen LogP contribution is -2.70. The molecule has 3 rings (SSSR count). The van der Waals surface area contributed by atoms with E-state index in [1.807, 2.05) is 24.3 Å². The molecule has 0 aliphatic rings. The summed E-state index contributed by atoms with van der Waals surface area (Å²) in [5, 5.41) is 17.9. The molecule has 0 aliphatic heterocycles. The van der Waals surface area contributed by atoms with Gasteiger partial charge in [0.2, 0.25) is 23.2 Å². The number of aromatic amines is 1. The maximum atomic E-state index is 13.6. The van der Waals surface area contributed by atoms with Crippen LogP contribution in [0.25, 0.3) is 10.9 Å². The van der Waals surface area contributed by atoms with Crippen molar-refractivity contribution in [3.63, 3.8) is 0 Å². The predicted molar refractivity (Wildman–Crippen MR) is 159 cm³/mol. The Balaban J connectivity index is 1.91. The Morgan fingerprint density at radius 3 is 2.13 bits per heavy atom. The lowest BCUT2D eigenvalue weighted by Gasteiger charge is -2.26. The van der Waals surface area contributed by atoms with E-state index in [-0.39, 0.29) is 19.5 Å². The van der Waals surface area contributed by atoms with Crippen LogP contribution in [0.15, 0.2) is 60.8 Å². The van der Waals surface area contributed by atoms with E-state index in [9.17, 15) is 37.5 Å². The van der Waals surface area contributed by atoms with Gasteiger partial charge in [0.1, 0.15) is 24.4 Å². The molecular formula is C30H41F3N8O5+4. The quantitative estimate of drug-likeness (QED) is 0.0919. The normalized spacial score (nSPS) is 13.4. The third kappa shape index (κ3) is 10.2. The minimum atomic E-state index is -4.57. The molecule has 3 atom stereocenters. The van der Waals surface area contributed by atoms with Gasteiger partial charge in [-0.3, -0.25) is 19.2 Å². The molecule has 2 aromatic carbocycles. The number of hydrogen-bond acceptors (Lipinski definition) is 5. The van der Waals surface area contributed by atoms with Crippen molar-refractivity contribution in [2.45, 2.75) is 37.1 Å². The van der Waals surface area contributed by atoms with Crippen LogP contribution in [0.5, 0.6) is 0 Å². The van der Waals surface area contributed by atoms with Gasteiger partial charge >= 0.3 is 6.18 Å². The summed E-state index contributed by atoms with van der Waals surface area (Å²) in [5.41, 5.74) is 11.6. The summed E-state index contributed by atoms with van der Waals surface area (Å²) in [5.74, 6) is -2.87. The van der Waals surface area contributed by atoms with Crippen molar-refractivity contribution >= 4 is 40.2 Å². The number of carbonyl (C=O) groups is 4. The number of benzene rings is 2. The Labute approximate surface area is 262 Å². The molecule has 0 spiro atoms. The highest BCUT2D eigenvalue weighted by atomic mass is 19.4. The zero-order valence-electron chi connectivity index (χ0n) is 25.2. The molecule has 0 unspecified atom stereocenters. The molecule has 0 saturated carbocycles. The third-order valence-electron chi connectivity index (χ3n) is 7.09. The first-order valence-electron chi connectivity index (χ1n) is 14.6. The number of para-hydroxylation sites is 1. The van der Waals surface area contributed by atoms with Crippen LogP contribution in [0.3, 0.4) is 0 Å². The fourth-order valence-electron chi connectivity index (χ4n) is 4.60. The Kier molecular flexibility index (Phi) is 12.9. The number of pyridine rings is 1. The monoisotopic (exact) mass is 650 g/mol. The van der Waals surface area contributed by atoms with Crippen LogP contribution in [0.1, 0.15) is 17.5 Å². The van der Waals surface area contributed by atoms with Gasteiger partial charge < -0.3 is 43.2 Å². The van der Waals surface area contributed by atoms with Crippen molar-refractivity contribution in [2.75, 3.05) is 38.1 Å². The maximum Gasteiger partial charge on any atom is 0.416 e. The lowest BCUT2D eigenvalue weighted by atomic mass is 10.0. The summed E-state index contributed by atoms with van der Waals surface area (Å²) in [7, 11) is 0. The molecule has 1 aromatic heterocycles. The summed E-state index contributed by atoms with van der Waals surface area (Å²) in [6, 6.07) is 9.20. The summed E-state index contributed by atoms with van der Waals surface area (Å²) in [4.78, 5) is 57.5. The fourth-order valence-corrected chi connectivity index (χ4v) is 4.60. The van der Waals surface area contributed by atoms with Crippen molar-refractivity contribution in [1.29, 1.82) is 0 Å². The van der Waals surface area contributed by atoms with Gasteiger partial charge in [0.05, 0.1) is 38.2 Å². The number of nitrogens with zero attached hydrogens (tertiary/aromatic N) is 1. The average Bonchev–Trinajstić information content (AvgIpc) is 3.03. The van der Waals surface area contributed by atoms with Crippen LogP contribution in [0, 0.1) is 0 Å². The third-order valence-corrected chi connectivity index (χ3v) is 7.09. The number of aromatic nitrogens is 1. The van der Waals surface area contributed by atoms with Crippen LogP contribution in [-0.4, -0.2) is 84.5 Å². The smallest absolute Gasteiger partial charge is 0.390 e. The van der Waals surface area contributed by atoms with Gasteiger partial charge in [0.25, 0.3) is 5.91 Å². The predicted octanol–water partition coefficient (Wildman–Crippen LogP) is -2.87.